The molecule has 3 aliphatic heterocycles. The Kier molecular flexibility index (Phi) is 2.04. The molecule has 0 aromatic heterocycles. The van der Waals surface area contributed by atoms with Crippen LogP contribution < -0.4 is 0 Å². The average Bonchev–Trinajstić information content (AvgIpc) is 3.08. The van der Waals surface area contributed by atoms with Crippen molar-refractivity contribution in [1.29, 1.82) is 0 Å². The highest BCUT2D eigenvalue weighted by molar-refractivity contribution is 5.22. The van der Waals surface area contributed by atoms with E-state index in [0.29, 0.717) is 5.92 Å². The van der Waals surface area contributed by atoms with Gasteiger partial charge in [-0.15, -0.1) is 0 Å². The average molecular weight is 240 g/mol. The largest absolute Gasteiger partial charge is 0.392 e. The van der Waals surface area contributed by atoms with E-state index >= 15 is 0 Å². The SMILES string of the molecule is COC1O[C@@H]2C[C@@H]3CCC[C@H](O)[C@]13[C@]1(CO1)C2. The summed E-state index contributed by atoms with van der Waals surface area (Å²) in [6.07, 6.45) is 4.82. The lowest BCUT2D eigenvalue weighted by atomic mass is 9.50. The molecule has 2 aliphatic carbocycles. The van der Waals surface area contributed by atoms with Gasteiger partial charge in [0.2, 0.25) is 0 Å². The second kappa shape index (κ2) is 3.23. The lowest BCUT2D eigenvalue weighted by Gasteiger charge is -2.62. The third-order valence-electron chi connectivity index (χ3n) is 5.56. The number of hydrogen-bond acceptors (Lipinski definition) is 4. The highest BCUT2D eigenvalue weighted by atomic mass is 16.7. The number of fused-ring (bicyclic) bond motifs is 1. The van der Waals surface area contributed by atoms with E-state index in [0.717, 1.165) is 32.3 Å². The summed E-state index contributed by atoms with van der Waals surface area (Å²) in [4.78, 5) is 0. The molecule has 0 aromatic rings. The summed E-state index contributed by atoms with van der Waals surface area (Å²) in [7, 11) is 1.69. The van der Waals surface area contributed by atoms with E-state index in [2.05, 4.69) is 0 Å². The molecule has 1 unspecified atom stereocenters. The summed E-state index contributed by atoms with van der Waals surface area (Å²) < 4.78 is 17.4. The molecule has 2 bridgehead atoms. The maximum absolute atomic E-state index is 10.6. The van der Waals surface area contributed by atoms with E-state index in [-0.39, 0.29) is 29.5 Å². The lowest BCUT2D eigenvalue weighted by Crippen LogP contribution is -2.70. The Balaban J connectivity index is 1.84. The van der Waals surface area contributed by atoms with Crippen molar-refractivity contribution >= 4 is 0 Å². The number of ether oxygens (including phenoxy) is 3. The van der Waals surface area contributed by atoms with Crippen LogP contribution in [0.15, 0.2) is 0 Å². The normalized spacial score (nSPS) is 60.4. The Morgan fingerprint density at radius 2 is 2.18 bits per heavy atom. The van der Waals surface area contributed by atoms with Crippen LogP contribution in [0.3, 0.4) is 0 Å². The Labute approximate surface area is 101 Å². The van der Waals surface area contributed by atoms with Crippen LogP contribution in [-0.4, -0.2) is 42.9 Å². The molecular weight excluding hydrogens is 220 g/mol. The van der Waals surface area contributed by atoms with E-state index in [1.165, 1.54) is 6.42 Å². The molecule has 96 valence electrons. The number of aliphatic hydroxyl groups is 1. The second-order valence-corrected chi connectivity index (χ2v) is 6.13. The molecule has 17 heavy (non-hydrogen) atoms. The maximum Gasteiger partial charge on any atom is 0.168 e. The van der Waals surface area contributed by atoms with Gasteiger partial charge < -0.3 is 19.3 Å². The van der Waals surface area contributed by atoms with E-state index in [1.54, 1.807) is 7.11 Å². The minimum Gasteiger partial charge on any atom is -0.392 e. The zero-order valence-corrected chi connectivity index (χ0v) is 10.2. The highest BCUT2D eigenvalue weighted by Gasteiger charge is 2.77. The van der Waals surface area contributed by atoms with Crippen molar-refractivity contribution in [3.63, 3.8) is 0 Å². The number of epoxide rings is 1. The van der Waals surface area contributed by atoms with Crippen molar-refractivity contribution < 1.29 is 19.3 Å². The fourth-order valence-electron chi connectivity index (χ4n) is 4.90. The van der Waals surface area contributed by atoms with Crippen LogP contribution in [0.2, 0.25) is 0 Å². The Morgan fingerprint density at radius 3 is 2.88 bits per heavy atom. The molecule has 0 amide bonds. The van der Waals surface area contributed by atoms with E-state index in [9.17, 15) is 5.11 Å². The summed E-state index contributed by atoms with van der Waals surface area (Å²) in [5.41, 5.74) is -0.436. The predicted octanol–water partition coefficient (Wildman–Crippen LogP) is 1.07. The van der Waals surface area contributed by atoms with Crippen molar-refractivity contribution in [2.75, 3.05) is 13.7 Å². The fraction of sp³-hybridized carbons (Fsp3) is 1.00. The summed E-state index contributed by atoms with van der Waals surface area (Å²) in [5.74, 6) is 0.506. The van der Waals surface area contributed by atoms with Gasteiger partial charge in [0.1, 0.15) is 5.60 Å². The molecule has 2 saturated carbocycles. The molecule has 0 aromatic carbocycles. The first-order valence-corrected chi connectivity index (χ1v) is 6.73. The van der Waals surface area contributed by atoms with Crippen molar-refractivity contribution in [2.45, 2.75) is 56.2 Å². The molecule has 1 N–H and O–H groups in total. The molecule has 3 heterocycles. The van der Waals surface area contributed by atoms with Crippen molar-refractivity contribution in [3.8, 4) is 0 Å². The van der Waals surface area contributed by atoms with Gasteiger partial charge in [-0.1, -0.05) is 6.42 Å². The lowest BCUT2D eigenvalue weighted by molar-refractivity contribution is -0.351. The van der Waals surface area contributed by atoms with Crippen LogP contribution in [-0.2, 0) is 14.2 Å². The van der Waals surface area contributed by atoms with E-state index < -0.39 is 0 Å². The van der Waals surface area contributed by atoms with E-state index in [1.807, 2.05) is 0 Å². The predicted molar refractivity (Wildman–Crippen MR) is 59.4 cm³/mol. The van der Waals surface area contributed by atoms with Gasteiger partial charge in [0.05, 0.1) is 24.2 Å². The number of hydrogen-bond donors (Lipinski definition) is 1. The molecule has 3 saturated heterocycles. The Hall–Kier alpha value is -0.160. The molecular formula is C13H20O4. The molecule has 0 radical (unpaired) electrons. The standard InChI is InChI=1S/C13H20O4/c1-15-11-13-8(3-2-4-10(13)14)5-9(17-11)6-12(13)7-16-12/h8-11,14H,2-7H2,1H3/t8-,9+,10-,11?,12+,13-/m0/s1. The summed E-state index contributed by atoms with van der Waals surface area (Å²) in [5, 5.41) is 10.6. The van der Waals surface area contributed by atoms with Gasteiger partial charge in [-0.2, -0.15) is 0 Å². The molecule has 5 fully saturated rings. The van der Waals surface area contributed by atoms with Gasteiger partial charge in [-0.05, 0) is 25.2 Å². The Morgan fingerprint density at radius 1 is 1.35 bits per heavy atom. The quantitative estimate of drug-likeness (QED) is 0.696. The number of aliphatic hydroxyl groups excluding tert-OH is 1. The fourth-order valence-corrected chi connectivity index (χ4v) is 4.90. The first-order chi connectivity index (χ1) is 8.23. The van der Waals surface area contributed by atoms with Gasteiger partial charge in [0, 0.05) is 13.5 Å². The van der Waals surface area contributed by atoms with Gasteiger partial charge in [-0.3, -0.25) is 0 Å². The second-order valence-electron chi connectivity index (χ2n) is 6.13. The zero-order valence-electron chi connectivity index (χ0n) is 10.2. The summed E-state index contributed by atoms with van der Waals surface area (Å²) in [6.45, 7) is 0.778. The van der Waals surface area contributed by atoms with Crippen molar-refractivity contribution in [3.05, 3.63) is 0 Å². The van der Waals surface area contributed by atoms with Gasteiger partial charge >= 0.3 is 0 Å². The zero-order chi connectivity index (χ0) is 11.7. The molecule has 4 nitrogen and oxygen atoms in total. The minimum absolute atomic E-state index is 0.140. The molecule has 6 atom stereocenters. The van der Waals surface area contributed by atoms with Crippen LogP contribution in [0, 0.1) is 11.3 Å². The number of rotatable bonds is 1. The topological polar surface area (TPSA) is 51.2 Å². The number of methoxy groups -OCH3 is 1. The molecule has 5 aliphatic rings. The minimum atomic E-state index is -0.338. The van der Waals surface area contributed by atoms with Crippen LogP contribution in [0.4, 0.5) is 0 Å². The van der Waals surface area contributed by atoms with Crippen LogP contribution >= 0.6 is 0 Å². The molecule has 2 spiro atoms. The van der Waals surface area contributed by atoms with Gasteiger partial charge in [0.25, 0.3) is 0 Å². The first-order valence-electron chi connectivity index (χ1n) is 6.73. The van der Waals surface area contributed by atoms with Crippen LogP contribution in [0.25, 0.3) is 0 Å². The first kappa shape index (κ1) is 10.7. The summed E-state index contributed by atoms with van der Waals surface area (Å²) >= 11 is 0. The van der Waals surface area contributed by atoms with E-state index in [4.69, 9.17) is 14.2 Å². The maximum atomic E-state index is 10.6. The van der Waals surface area contributed by atoms with Crippen molar-refractivity contribution in [1.82, 2.24) is 0 Å². The van der Waals surface area contributed by atoms with Crippen molar-refractivity contribution in [2.24, 2.45) is 11.3 Å². The molecule has 5 rings (SSSR count). The summed E-state index contributed by atoms with van der Waals surface area (Å²) in [6, 6.07) is 0. The van der Waals surface area contributed by atoms with Gasteiger partial charge in [0.15, 0.2) is 6.29 Å². The third-order valence-corrected chi connectivity index (χ3v) is 5.56. The Bertz CT molecular complexity index is 330. The third kappa shape index (κ3) is 1.09. The van der Waals surface area contributed by atoms with Gasteiger partial charge in [-0.25, -0.2) is 0 Å². The molecule has 4 heteroatoms. The highest BCUT2D eigenvalue weighted by Crippen LogP contribution is 2.67. The smallest absolute Gasteiger partial charge is 0.168 e. The monoisotopic (exact) mass is 240 g/mol. The van der Waals surface area contributed by atoms with Crippen LogP contribution in [0.1, 0.15) is 32.1 Å². The van der Waals surface area contributed by atoms with Crippen LogP contribution in [0.5, 0.6) is 0 Å².